The van der Waals surface area contributed by atoms with E-state index < -0.39 is 27.6 Å². The molecule has 1 aromatic heterocycles. The van der Waals surface area contributed by atoms with E-state index in [2.05, 4.69) is 15.6 Å². The lowest BCUT2D eigenvalue weighted by molar-refractivity contribution is -0.143. The molecule has 318 valence electrons. The van der Waals surface area contributed by atoms with E-state index in [9.17, 15) is 18.0 Å². The predicted molar refractivity (Wildman–Crippen MR) is 217 cm³/mol. The molecule has 1 heterocycles. The summed E-state index contributed by atoms with van der Waals surface area (Å²) in [7, 11) is 1.02. The average molecular weight is 828 g/mol. The second-order valence-corrected chi connectivity index (χ2v) is 16.4. The predicted octanol–water partition coefficient (Wildman–Crippen LogP) is 5.14. The van der Waals surface area contributed by atoms with Crippen LogP contribution < -0.4 is 14.8 Å². The first-order valence-corrected chi connectivity index (χ1v) is 20.6. The van der Waals surface area contributed by atoms with Gasteiger partial charge in [-0.3, -0.25) is 4.79 Å². The molecule has 0 aliphatic heterocycles. The minimum absolute atomic E-state index is 0.0600. The Kier molecular flexibility index (Phi) is 17.3. The number of alkyl carbamates (subject to hydrolysis) is 1. The van der Waals surface area contributed by atoms with Gasteiger partial charge in [0, 0.05) is 33.1 Å². The van der Waals surface area contributed by atoms with Gasteiger partial charge in [0.2, 0.25) is 10.0 Å². The molecule has 1 amide bonds. The zero-order chi connectivity index (χ0) is 42.3. The van der Waals surface area contributed by atoms with E-state index in [0.29, 0.717) is 63.2 Å². The summed E-state index contributed by atoms with van der Waals surface area (Å²) in [6.45, 7) is 12.2. The average Bonchev–Trinajstić information content (AvgIpc) is 3.55. The number of fused-ring (bicyclic) bond motifs is 1. The van der Waals surface area contributed by atoms with Gasteiger partial charge in [-0.15, -0.1) is 5.10 Å². The Bertz CT molecular complexity index is 2050. The molecule has 0 bridgehead atoms. The molecule has 4 aromatic rings. The summed E-state index contributed by atoms with van der Waals surface area (Å²) >= 11 is 0. The molecule has 4 rings (SSSR count). The monoisotopic (exact) mass is 827 g/mol. The number of carbonyl (C=O) groups excluding carboxylic acids is 2. The van der Waals surface area contributed by atoms with Crippen LogP contribution in [0.2, 0.25) is 0 Å². The van der Waals surface area contributed by atoms with Crippen molar-refractivity contribution < 1.29 is 51.2 Å². The highest BCUT2D eigenvalue weighted by atomic mass is 32.2. The topological polar surface area (TPSA) is 179 Å². The third-order valence-corrected chi connectivity index (χ3v) is 10.7. The van der Waals surface area contributed by atoms with Gasteiger partial charge in [0.15, 0.2) is 0 Å². The second kappa shape index (κ2) is 21.8. The summed E-state index contributed by atoms with van der Waals surface area (Å²) < 4.78 is 68.7. The molecule has 0 radical (unpaired) electrons. The highest BCUT2D eigenvalue weighted by Crippen LogP contribution is 2.36. The number of nitrogens with zero attached hydrogens (tertiary/aromatic N) is 4. The quantitative estimate of drug-likeness (QED) is 0.0768. The van der Waals surface area contributed by atoms with Crippen LogP contribution in [0, 0.1) is 6.92 Å². The summed E-state index contributed by atoms with van der Waals surface area (Å²) in [5.74, 6) is 0.291. The molecule has 16 nitrogen and oxygen atoms in total. The number of amides is 1. The number of benzene rings is 3. The Morgan fingerprint density at radius 3 is 2.19 bits per heavy atom. The SMILES string of the molecule is CCOC(=O)CC(c1ccc(C)c(CN(C)S(=O)(=O)c2ccc(OCCOCCOCCOCCNC(=O)OC(C)(C)C)cc2)c1)c1cc(OC)c2c(c1)nnn2C. The van der Waals surface area contributed by atoms with Gasteiger partial charge in [0.25, 0.3) is 0 Å². The first-order chi connectivity index (χ1) is 27.6. The van der Waals surface area contributed by atoms with Crippen molar-refractivity contribution in [2.75, 3.05) is 73.6 Å². The fourth-order valence-corrected chi connectivity index (χ4v) is 7.09. The van der Waals surface area contributed by atoms with Crippen molar-refractivity contribution in [3.05, 3.63) is 76.9 Å². The maximum Gasteiger partial charge on any atom is 0.407 e. The molecule has 17 heteroatoms. The van der Waals surface area contributed by atoms with Crippen LogP contribution >= 0.6 is 0 Å². The first-order valence-electron chi connectivity index (χ1n) is 19.1. The molecular formula is C41H57N5O11S. The van der Waals surface area contributed by atoms with E-state index >= 15 is 0 Å². The van der Waals surface area contributed by atoms with Gasteiger partial charge in [0.05, 0.1) is 64.7 Å². The molecular weight excluding hydrogens is 771 g/mol. The molecule has 0 aliphatic carbocycles. The van der Waals surface area contributed by atoms with Crippen LogP contribution in [-0.4, -0.2) is 119 Å². The molecule has 0 saturated carbocycles. The second-order valence-electron chi connectivity index (χ2n) is 14.4. The number of esters is 1. The maximum absolute atomic E-state index is 13.7. The lowest BCUT2D eigenvalue weighted by Gasteiger charge is -2.22. The number of hydrogen-bond acceptors (Lipinski definition) is 13. The van der Waals surface area contributed by atoms with Gasteiger partial charge in [-0.05, 0) is 93.3 Å². The van der Waals surface area contributed by atoms with Gasteiger partial charge < -0.3 is 38.5 Å². The van der Waals surface area contributed by atoms with Crippen LogP contribution in [0.15, 0.2) is 59.5 Å². The number of rotatable bonds is 23. The fourth-order valence-electron chi connectivity index (χ4n) is 5.94. The van der Waals surface area contributed by atoms with Crippen LogP contribution in [0.1, 0.15) is 62.3 Å². The van der Waals surface area contributed by atoms with Crippen molar-refractivity contribution >= 4 is 33.1 Å². The minimum Gasteiger partial charge on any atom is -0.494 e. The smallest absolute Gasteiger partial charge is 0.407 e. The van der Waals surface area contributed by atoms with Crippen molar-refractivity contribution in [1.82, 2.24) is 24.6 Å². The lowest BCUT2D eigenvalue weighted by Crippen LogP contribution is -2.34. The number of carbonyl (C=O) groups is 2. The van der Waals surface area contributed by atoms with Crippen LogP contribution in [0.25, 0.3) is 11.0 Å². The van der Waals surface area contributed by atoms with Crippen molar-refractivity contribution in [2.45, 2.75) is 64.0 Å². The summed E-state index contributed by atoms with van der Waals surface area (Å²) in [5.41, 5.74) is 4.10. The zero-order valence-electron chi connectivity index (χ0n) is 34.7. The number of aryl methyl sites for hydroxylation is 2. The summed E-state index contributed by atoms with van der Waals surface area (Å²) in [4.78, 5) is 24.6. The third kappa shape index (κ3) is 13.7. The molecule has 0 spiro atoms. The molecule has 3 aromatic carbocycles. The van der Waals surface area contributed by atoms with Gasteiger partial charge in [-0.2, -0.15) is 4.31 Å². The zero-order valence-corrected chi connectivity index (χ0v) is 35.6. The molecule has 1 N–H and O–H groups in total. The Morgan fingerprint density at radius 2 is 1.55 bits per heavy atom. The van der Waals surface area contributed by atoms with Gasteiger partial charge in [-0.1, -0.05) is 23.4 Å². The fraction of sp³-hybridized carbons (Fsp3) is 0.512. The normalized spacial score (nSPS) is 12.4. The standard InChI is InChI=1S/C41H57N5O11S/c1-9-55-38(47)27-35(31-25-36-39(37(26-31)51-8)46(7)44-43-36)30-11-10-29(2)32(24-30)28-45(6)58(49,50)34-14-12-33(13-15-34)56-23-22-54-21-20-53-19-18-52-17-16-42-40(48)57-41(3,4)5/h10-15,24-26,35H,9,16-23,27-28H2,1-8H3,(H,42,48). The number of sulfonamides is 1. The number of hydrogen-bond donors (Lipinski definition) is 1. The summed E-state index contributed by atoms with van der Waals surface area (Å²) in [5, 5.41) is 11.0. The van der Waals surface area contributed by atoms with E-state index in [-0.39, 0.29) is 37.0 Å². The number of ether oxygens (including phenoxy) is 7. The Balaban J connectivity index is 1.26. The molecule has 1 unspecified atom stereocenters. The minimum atomic E-state index is -3.87. The Labute approximate surface area is 341 Å². The van der Waals surface area contributed by atoms with Gasteiger partial charge >= 0.3 is 12.1 Å². The largest absolute Gasteiger partial charge is 0.494 e. The molecule has 1 atom stereocenters. The van der Waals surface area contributed by atoms with Crippen molar-refractivity contribution in [3.8, 4) is 11.5 Å². The van der Waals surface area contributed by atoms with Crippen molar-refractivity contribution in [2.24, 2.45) is 7.05 Å². The highest BCUT2D eigenvalue weighted by Gasteiger charge is 2.25. The lowest BCUT2D eigenvalue weighted by atomic mass is 9.86. The summed E-state index contributed by atoms with van der Waals surface area (Å²) in [6.07, 6.45) is -0.422. The highest BCUT2D eigenvalue weighted by molar-refractivity contribution is 7.89. The third-order valence-electron chi connectivity index (χ3n) is 8.84. The van der Waals surface area contributed by atoms with Crippen molar-refractivity contribution in [3.63, 3.8) is 0 Å². The van der Waals surface area contributed by atoms with E-state index in [4.69, 9.17) is 33.2 Å². The van der Waals surface area contributed by atoms with E-state index in [1.807, 2.05) is 37.3 Å². The number of nitrogens with one attached hydrogen (secondary N) is 1. The van der Waals surface area contributed by atoms with Gasteiger partial charge in [-0.25, -0.2) is 17.9 Å². The van der Waals surface area contributed by atoms with Crippen LogP contribution in [0.5, 0.6) is 11.5 Å². The molecule has 58 heavy (non-hydrogen) atoms. The van der Waals surface area contributed by atoms with Crippen molar-refractivity contribution in [1.29, 1.82) is 0 Å². The van der Waals surface area contributed by atoms with Crippen LogP contribution in [-0.2, 0) is 52.1 Å². The number of aromatic nitrogens is 3. The Hall–Kier alpha value is -4.81. The van der Waals surface area contributed by atoms with E-state index in [1.54, 1.807) is 58.7 Å². The molecule has 0 saturated heterocycles. The number of methoxy groups -OCH3 is 1. The summed E-state index contributed by atoms with van der Waals surface area (Å²) in [6, 6.07) is 15.8. The molecule has 0 aliphatic rings. The van der Waals surface area contributed by atoms with E-state index in [1.165, 1.54) is 23.5 Å². The molecule has 0 fully saturated rings. The van der Waals surface area contributed by atoms with Crippen LogP contribution in [0.4, 0.5) is 4.79 Å². The maximum atomic E-state index is 13.7. The van der Waals surface area contributed by atoms with Crippen LogP contribution in [0.3, 0.4) is 0 Å². The van der Waals surface area contributed by atoms with Gasteiger partial charge in [0.1, 0.15) is 34.7 Å². The Morgan fingerprint density at radius 1 is 0.897 bits per heavy atom. The van der Waals surface area contributed by atoms with E-state index in [0.717, 1.165) is 27.8 Å². The first kappa shape index (κ1) is 45.9.